The van der Waals surface area contributed by atoms with Crippen LogP contribution in [0.1, 0.15) is 23.7 Å². The molecule has 0 amide bonds. The lowest BCUT2D eigenvalue weighted by Gasteiger charge is -2.30. The first-order valence-corrected chi connectivity index (χ1v) is 9.82. The van der Waals surface area contributed by atoms with Gasteiger partial charge in [-0.15, -0.1) is 0 Å². The fraction of sp³-hybridized carbons (Fsp3) is 0.400. The van der Waals surface area contributed by atoms with Gasteiger partial charge in [-0.2, -0.15) is 0 Å². The Balaban J connectivity index is 0.000000344. The van der Waals surface area contributed by atoms with Crippen LogP contribution in [0.4, 0.5) is 10.1 Å². The molecule has 0 aliphatic carbocycles. The number of nitrogens with one attached hydrogen (secondary N) is 1. The Kier molecular flexibility index (Phi) is 8.27. The minimum Gasteiger partial charge on any atom is -0.481 e. The number of aryl methyl sites for hydroxylation is 1. The average molecular weight is 452 g/mol. The van der Waals surface area contributed by atoms with Crippen LogP contribution in [-0.4, -0.2) is 70.0 Å². The number of rotatable bonds is 6. The summed E-state index contributed by atoms with van der Waals surface area (Å²) in [4.78, 5) is 45.1. The molecule has 1 atom stereocenters. The molecule has 11 nitrogen and oxygen atoms in total. The normalized spacial score (nSPS) is 14.4. The van der Waals surface area contributed by atoms with E-state index in [0.29, 0.717) is 30.8 Å². The lowest BCUT2D eigenvalue weighted by Crippen LogP contribution is -2.43. The van der Waals surface area contributed by atoms with E-state index in [-0.39, 0.29) is 10.9 Å². The molecular weight excluding hydrogens is 427 g/mol. The third-order valence-electron chi connectivity index (χ3n) is 4.89. The summed E-state index contributed by atoms with van der Waals surface area (Å²) < 4.78 is 16.2. The van der Waals surface area contributed by atoms with Crippen LogP contribution in [0.25, 0.3) is 10.9 Å². The van der Waals surface area contributed by atoms with Gasteiger partial charge in [0.15, 0.2) is 0 Å². The summed E-state index contributed by atoms with van der Waals surface area (Å²) in [7, 11) is 0. The third-order valence-corrected chi connectivity index (χ3v) is 4.89. The van der Waals surface area contributed by atoms with Crippen molar-refractivity contribution in [3.63, 3.8) is 0 Å². The highest BCUT2D eigenvalue weighted by Crippen LogP contribution is 2.25. The zero-order chi connectivity index (χ0) is 24.0. The molecule has 3 rings (SSSR count). The van der Waals surface area contributed by atoms with Crippen molar-refractivity contribution in [2.45, 2.75) is 25.9 Å². The van der Waals surface area contributed by atoms with E-state index in [1.807, 2.05) is 11.8 Å². The number of carboxylic acid groups (broad SMARTS) is 3. The lowest BCUT2D eigenvalue weighted by atomic mass is 10.1. The maximum absolute atomic E-state index is 14.5. The molecule has 6 N–H and O–H groups in total. The van der Waals surface area contributed by atoms with Crippen molar-refractivity contribution in [2.24, 2.45) is 5.73 Å². The third kappa shape index (κ3) is 5.80. The number of pyridine rings is 1. The number of fused-ring (bicyclic) bond motifs is 1. The molecule has 0 saturated carbocycles. The summed E-state index contributed by atoms with van der Waals surface area (Å²) in [5.41, 5.74) is 4.85. The van der Waals surface area contributed by atoms with E-state index >= 15 is 0 Å². The minimum atomic E-state index is -1.30. The van der Waals surface area contributed by atoms with Crippen LogP contribution in [0.3, 0.4) is 0 Å². The van der Waals surface area contributed by atoms with Crippen molar-refractivity contribution >= 4 is 34.5 Å². The Morgan fingerprint density at radius 1 is 1.19 bits per heavy atom. The molecule has 0 radical (unpaired) electrons. The smallest absolute Gasteiger partial charge is 0.341 e. The van der Waals surface area contributed by atoms with E-state index in [1.54, 1.807) is 10.6 Å². The number of anilines is 1. The first-order valence-electron chi connectivity index (χ1n) is 9.82. The van der Waals surface area contributed by atoms with E-state index in [9.17, 15) is 23.6 Å². The van der Waals surface area contributed by atoms with Gasteiger partial charge in [0.05, 0.1) is 17.6 Å². The molecule has 1 saturated heterocycles. The van der Waals surface area contributed by atoms with Crippen molar-refractivity contribution in [1.29, 1.82) is 0 Å². The van der Waals surface area contributed by atoms with E-state index in [1.165, 1.54) is 6.20 Å². The van der Waals surface area contributed by atoms with Crippen LogP contribution >= 0.6 is 0 Å². The summed E-state index contributed by atoms with van der Waals surface area (Å²) in [5.74, 6) is -4.30. The Labute approximate surface area is 181 Å². The molecule has 0 spiro atoms. The highest BCUT2D eigenvalue weighted by atomic mass is 19.1. The van der Waals surface area contributed by atoms with Crippen molar-refractivity contribution in [2.75, 3.05) is 31.1 Å². The van der Waals surface area contributed by atoms with Crippen LogP contribution in [0.5, 0.6) is 0 Å². The van der Waals surface area contributed by atoms with Gasteiger partial charge in [-0.25, -0.2) is 9.18 Å². The minimum absolute atomic E-state index is 0.100. The second-order valence-electron chi connectivity index (χ2n) is 7.06. The van der Waals surface area contributed by atoms with Gasteiger partial charge < -0.3 is 35.8 Å². The number of nitrogens with zero attached hydrogens (tertiary/aromatic N) is 2. The Hall–Kier alpha value is -3.51. The van der Waals surface area contributed by atoms with Gasteiger partial charge >= 0.3 is 17.9 Å². The average Bonchev–Trinajstić information content (AvgIpc) is 2.74. The maximum atomic E-state index is 14.5. The van der Waals surface area contributed by atoms with Gasteiger partial charge in [0.25, 0.3) is 0 Å². The first kappa shape index (κ1) is 24.8. The predicted octanol–water partition coefficient (Wildman–Crippen LogP) is 0.141. The van der Waals surface area contributed by atoms with Gasteiger partial charge in [0.2, 0.25) is 5.43 Å². The molecule has 2 heterocycles. The van der Waals surface area contributed by atoms with Crippen LogP contribution in [-0.2, 0) is 16.1 Å². The predicted molar refractivity (Wildman–Crippen MR) is 114 cm³/mol. The number of carbonyl (C=O) groups is 3. The molecule has 2 aromatic rings. The largest absolute Gasteiger partial charge is 0.481 e. The molecule has 0 bridgehead atoms. The number of piperazine rings is 1. The number of carboxylic acids is 3. The number of hydrogen-bond donors (Lipinski definition) is 5. The number of halogens is 1. The molecular formula is C20H25FN4O7. The summed E-state index contributed by atoms with van der Waals surface area (Å²) in [5, 5.41) is 28.5. The Morgan fingerprint density at radius 2 is 1.81 bits per heavy atom. The highest BCUT2D eigenvalue weighted by Gasteiger charge is 2.20. The molecule has 1 fully saturated rings. The molecule has 12 heteroatoms. The van der Waals surface area contributed by atoms with Crippen LogP contribution in [0.15, 0.2) is 23.1 Å². The van der Waals surface area contributed by atoms with Gasteiger partial charge in [0, 0.05) is 44.3 Å². The number of benzene rings is 1. The summed E-state index contributed by atoms with van der Waals surface area (Å²) in [6, 6.07) is 1.52. The Morgan fingerprint density at radius 3 is 2.28 bits per heavy atom. The maximum Gasteiger partial charge on any atom is 0.341 e. The van der Waals surface area contributed by atoms with E-state index in [4.69, 9.17) is 21.1 Å². The number of nitrogens with two attached hydrogens (primary N) is 1. The molecule has 0 unspecified atom stereocenters. The van der Waals surface area contributed by atoms with Gasteiger partial charge in [0.1, 0.15) is 17.4 Å². The molecule has 1 aliphatic rings. The second kappa shape index (κ2) is 10.7. The van der Waals surface area contributed by atoms with Crippen molar-refractivity contribution < 1.29 is 34.1 Å². The van der Waals surface area contributed by atoms with Crippen LogP contribution < -0.4 is 21.4 Å². The zero-order valence-corrected chi connectivity index (χ0v) is 17.4. The molecule has 32 heavy (non-hydrogen) atoms. The Bertz CT molecular complexity index is 1080. The summed E-state index contributed by atoms with van der Waals surface area (Å²) in [6.07, 6.45) is 0.793. The highest BCUT2D eigenvalue weighted by molar-refractivity contribution is 5.93. The van der Waals surface area contributed by atoms with Crippen LogP contribution in [0.2, 0.25) is 0 Å². The fourth-order valence-corrected chi connectivity index (χ4v) is 3.24. The standard InChI is InChI=1S/C16H18FN3O3.C4H7NO4/c1-2-19-9-11(16(22)23)15(21)10-7-12(17)14(8-13(10)19)20-5-3-18-4-6-20;5-2(4(8)9)1-3(6)7/h7-9,18H,2-6H2,1H3,(H,22,23);2H,1,5H2,(H,6,7)(H,8,9)/t;2-/m.0/s1. The number of aromatic nitrogens is 1. The molecule has 1 aromatic heterocycles. The monoisotopic (exact) mass is 452 g/mol. The first-order chi connectivity index (χ1) is 15.1. The summed E-state index contributed by atoms with van der Waals surface area (Å²) in [6.45, 7) is 5.26. The van der Waals surface area contributed by atoms with E-state index in [0.717, 1.165) is 19.2 Å². The zero-order valence-electron chi connectivity index (χ0n) is 17.4. The van der Waals surface area contributed by atoms with Crippen molar-refractivity contribution in [3.8, 4) is 0 Å². The number of aromatic carboxylic acids is 1. The van der Waals surface area contributed by atoms with E-state index < -0.39 is 41.6 Å². The SMILES string of the molecule is CCn1cc(C(=O)O)c(=O)c2cc(F)c(N3CCNCC3)cc21.N[C@@H](CC(=O)O)C(=O)O. The number of aliphatic carboxylic acids is 2. The van der Waals surface area contributed by atoms with E-state index in [2.05, 4.69) is 5.32 Å². The molecule has 1 aromatic carbocycles. The van der Waals surface area contributed by atoms with Gasteiger partial charge in [-0.3, -0.25) is 14.4 Å². The fourth-order valence-electron chi connectivity index (χ4n) is 3.24. The topological polar surface area (TPSA) is 175 Å². The lowest BCUT2D eigenvalue weighted by molar-refractivity contribution is -0.144. The van der Waals surface area contributed by atoms with Crippen molar-refractivity contribution in [3.05, 3.63) is 39.9 Å². The van der Waals surface area contributed by atoms with Crippen molar-refractivity contribution in [1.82, 2.24) is 9.88 Å². The molecule has 174 valence electrons. The van der Waals surface area contributed by atoms with Crippen LogP contribution in [0, 0.1) is 5.82 Å². The van der Waals surface area contributed by atoms with Gasteiger partial charge in [-0.1, -0.05) is 0 Å². The molecule has 1 aliphatic heterocycles. The van der Waals surface area contributed by atoms with Gasteiger partial charge in [-0.05, 0) is 19.1 Å². The number of hydrogen-bond acceptors (Lipinski definition) is 7. The summed E-state index contributed by atoms with van der Waals surface area (Å²) >= 11 is 0. The quantitative estimate of drug-likeness (QED) is 0.405. The second-order valence-corrected chi connectivity index (χ2v) is 7.06.